The first-order valence-corrected chi connectivity index (χ1v) is 7.20. The normalized spacial score (nSPS) is 14.4. The lowest BCUT2D eigenvalue weighted by atomic mass is 10.1. The first-order chi connectivity index (χ1) is 10.3. The van der Waals surface area contributed by atoms with Crippen molar-refractivity contribution in [2.75, 3.05) is 11.4 Å². The predicted octanol–water partition coefficient (Wildman–Crippen LogP) is 2.23. The molecule has 0 saturated carbocycles. The highest BCUT2D eigenvalue weighted by Gasteiger charge is 2.17. The quantitative estimate of drug-likeness (QED) is 0.515. The Hall–Kier alpha value is -2.27. The summed E-state index contributed by atoms with van der Waals surface area (Å²) in [6.07, 6.45) is 3.48. The van der Waals surface area contributed by atoms with Gasteiger partial charge in [0.2, 0.25) is 0 Å². The van der Waals surface area contributed by atoms with Crippen LogP contribution in [0.15, 0.2) is 40.8 Å². The number of rotatable bonds is 3. The molecule has 0 unspecified atom stereocenters. The molecule has 5 heteroatoms. The van der Waals surface area contributed by atoms with E-state index in [9.17, 15) is 4.79 Å². The van der Waals surface area contributed by atoms with Gasteiger partial charge in [0.25, 0.3) is 0 Å². The summed E-state index contributed by atoms with van der Waals surface area (Å²) in [7, 11) is 0. The predicted molar refractivity (Wildman–Crippen MR) is 80.8 cm³/mol. The smallest absolute Gasteiger partial charge is 0.300 e. The molecule has 1 amide bonds. The molecule has 1 aliphatic heterocycles. The molecule has 0 radical (unpaired) electrons. The Labute approximate surface area is 123 Å². The SMILES string of the molecule is NNC(=O)c1ccc(CN2CCCCc3ccccc32)o1. The summed E-state index contributed by atoms with van der Waals surface area (Å²) in [6, 6.07) is 12.0. The first kappa shape index (κ1) is 13.7. The van der Waals surface area contributed by atoms with Crippen molar-refractivity contribution in [3.05, 3.63) is 53.5 Å². The summed E-state index contributed by atoms with van der Waals surface area (Å²) in [4.78, 5) is 13.7. The van der Waals surface area contributed by atoms with E-state index in [0.717, 1.165) is 25.1 Å². The molecule has 0 fully saturated rings. The van der Waals surface area contributed by atoms with Crippen molar-refractivity contribution in [3.63, 3.8) is 0 Å². The van der Waals surface area contributed by atoms with Crippen molar-refractivity contribution in [1.82, 2.24) is 5.43 Å². The van der Waals surface area contributed by atoms with Gasteiger partial charge in [-0.15, -0.1) is 0 Å². The number of benzene rings is 1. The van der Waals surface area contributed by atoms with E-state index in [1.54, 1.807) is 6.07 Å². The first-order valence-electron chi connectivity index (χ1n) is 7.20. The van der Waals surface area contributed by atoms with Crippen molar-refractivity contribution in [2.45, 2.75) is 25.8 Å². The molecule has 2 heterocycles. The average molecular weight is 285 g/mol. The number of hydrazine groups is 1. The van der Waals surface area contributed by atoms with Gasteiger partial charge in [0, 0.05) is 12.2 Å². The van der Waals surface area contributed by atoms with Gasteiger partial charge in [-0.2, -0.15) is 0 Å². The number of amides is 1. The molecule has 1 aliphatic rings. The second kappa shape index (κ2) is 6.01. The number of anilines is 1. The lowest BCUT2D eigenvalue weighted by molar-refractivity contribution is 0.0924. The third-order valence-electron chi connectivity index (χ3n) is 3.82. The third-order valence-corrected chi connectivity index (χ3v) is 3.82. The van der Waals surface area contributed by atoms with Crippen molar-refractivity contribution in [3.8, 4) is 0 Å². The zero-order valence-electron chi connectivity index (χ0n) is 11.8. The minimum Gasteiger partial charge on any atom is -0.454 e. The fourth-order valence-corrected chi connectivity index (χ4v) is 2.78. The molecule has 3 N–H and O–H groups in total. The Morgan fingerprint density at radius 3 is 2.95 bits per heavy atom. The molecule has 5 nitrogen and oxygen atoms in total. The van der Waals surface area contributed by atoms with E-state index >= 15 is 0 Å². The highest BCUT2D eigenvalue weighted by atomic mass is 16.4. The van der Waals surface area contributed by atoms with Crippen LogP contribution in [0.1, 0.15) is 34.7 Å². The minimum atomic E-state index is -0.405. The number of para-hydroxylation sites is 1. The van der Waals surface area contributed by atoms with Gasteiger partial charge < -0.3 is 9.32 Å². The number of hydrogen-bond donors (Lipinski definition) is 2. The van der Waals surface area contributed by atoms with Crippen LogP contribution < -0.4 is 16.2 Å². The van der Waals surface area contributed by atoms with E-state index in [2.05, 4.69) is 34.6 Å². The number of carbonyl (C=O) groups excluding carboxylic acids is 1. The standard InChI is InChI=1S/C16H19N3O2/c17-18-16(20)15-9-8-13(21-15)11-19-10-4-3-6-12-5-1-2-7-14(12)19/h1-2,5,7-9H,3-4,6,10-11,17H2,(H,18,20). The summed E-state index contributed by atoms with van der Waals surface area (Å²) in [5.74, 6) is 5.72. The zero-order valence-corrected chi connectivity index (χ0v) is 11.8. The van der Waals surface area contributed by atoms with Gasteiger partial charge in [0.15, 0.2) is 5.76 Å². The highest BCUT2D eigenvalue weighted by molar-refractivity contribution is 5.90. The molecule has 3 rings (SSSR count). The van der Waals surface area contributed by atoms with E-state index in [0.29, 0.717) is 6.54 Å². The fourth-order valence-electron chi connectivity index (χ4n) is 2.78. The van der Waals surface area contributed by atoms with Gasteiger partial charge >= 0.3 is 5.91 Å². The topological polar surface area (TPSA) is 71.5 Å². The van der Waals surface area contributed by atoms with Gasteiger partial charge in [-0.05, 0) is 43.0 Å². The van der Waals surface area contributed by atoms with E-state index in [-0.39, 0.29) is 5.76 Å². The largest absolute Gasteiger partial charge is 0.454 e. The summed E-state index contributed by atoms with van der Waals surface area (Å²) >= 11 is 0. The molecule has 110 valence electrons. The van der Waals surface area contributed by atoms with Crippen molar-refractivity contribution < 1.29 is 9.21 Å². The van der Waals surface area contributed by atoms with Gasteiger partial charge in [0.1, 0.15) is 5.76 Å². The Morgan fingerprint density at radius 2 is 2.10 bits per heavy atom. The molecule has 0 spiro atoms. The van der Waals surface area contributed by atoms with Crippen LogP contribution >= 0.6 is 0 Å². The van der Waals surface area contributed by atoms with Crippen LogP contribution in [0.4, 0.5) is 5.69 Å². The molecule has 2 aromatic rings. The van der Waals surface area contributed by atoms with Crippen molar-refractivity contribution in [2.24, 2.45) is 5.84 Å². The molecule has 0 saturated heterocycles. The van der Waals surface area contributed by atoms with Crippen LogP contribution in [-0.2, 0) is 13.0 Å². The molecular formula is C16H19N3O2. The van der Waals surface area contributed by atoms with Gasteiger partial charge in [0.05, 0.1) is 6.54 Å². The Bertz CT molecular complexity index is 636. The Balaban J connectivity index is 1.81. The average Bonchev–Trinajstić information content (AvgIpc) is 2.89. The highest BCUT2D eigenvalue weighted by Crippen LogP contribution is 2.27. The van der Waals surface area contributed by atoms with Crippen molar-refractivity contribution in [1.29, 1.82) is 0 Å². The molecule has 1 aromatic heterocycles. The number of nitrogens with one attached hydrogen (secondary N) is 1. The monoisotopic (exact) mass is 285 g/mol. The number of nitrogens with two attached hydrogens (primary N) is 1. The van der Waals surface area contributed by atoms with Crippen molar-refractivity contribution >= 4 is 11.6 Å². The van der Waals surface area contributed by atoms with Crippen LogP contribution in [0.2, 0.25) is 0 Å². The number of aryl methyl sites for hydroxylation is 1. The third kappa shape index (κ3) is 2.92. The number of nitrogen functional groups attached to an aromatic ring is 1. The fraction of sp³-hybridized carbons (Fsp3) is 0.312. The lowest BCUT2D eigenvalue weighted by Crippen LogP contribution is -2.29. The maximum Gasteiger partial charge on any atom is 0.300 e. The van der Waals surface area contributed by atoms with E-state index in [1.807, 2.05) is 6.07 Å². The number of fused-ring (bicyclic) bond motifs is 1. The van der Waals surface area contributed by atoms with Gasteiger partial charge in [-0.1, -0.05) is 18.2 Å². The van der Waals surface area contributed by atoms with Crippen LogP contribution in [0.3, 0.4) is 0 Å². The second-order valence-corrected chi connectivity index (χ2v) is 5.25. The molecule has 0 aliphatic carbocycles. The summed E-state index contributed by atoms with van der Waals surface area (Å²) in [5.41, 5.74) is 4.71. The van der Waals surface area contributed by atoms with Gasteiger partial charge in [-0.25, -0.2) is 5.84 Å². The van der Waals surface area contributed by atoms with E-state index < -0.39 is 5.91 Å². The second-order valence-electron chi connectivity index (χ2n) is 5.25. The number of nitrogens with zero attached hydrogens (tertiary/aromatic N) is 1. The van der Waals surface area contributed by atoms with Crippen LogP contribution in [0.25, 0.3) is 0 Å². The number of furan rings is 1. The molecular weight excluding hydrogens is 266 g/mol. The summed E-state index contributed by atoms with van der Waals surface area (Å²) < 4.78 is 5.56. The van der Waals surface area contributed by atoms with E-state index in [1.165, 1.54) is 17.7 Å². The van der Waals surface area contributed by atoms with Crippen LogP contribution in [-0.4, -0.2) is 12.5 Å². The molecule has 0 bridgehead atoms. The molecule has 0 atom stereocenters. The maximum absolute atomic E-state index is 11.4. The van der Waals surface area contributed by atoms with E-state index in [4.69, 9.17) is 10.3 Å². The molecule has 21 heavy (non-hydrogen) atoms. The molecule has 1 aromatic carbocycles. The zero-order chi connectivity index (χ0) is 14.7. The summed E-state index contributed by atoms with van der Waals surface area (Å²) in [6.45, 7) is 1.66. The minimum absolute atomic E-state index is 0.246. The maximum atomic E-state index is 11.4. The Morgan fingerprint density at radius 1 is 1.24 bits per heavy atom. The summed E-state index contributed by atoms with van der Waals surface area (Å²) in [5, 5.41) is 0. The number of hydrogen-bond acceptors (Lipinski definition) is 4. The Kier molecular flexibility index (Phi) is 3.92. The van der Waals surface area contributed by atoms with Crippen LogP contribution in [0.5, 0.6) is 0 Å². The number of carbonyl (C=O) groups is 1. The lowest BCUT2D eigenvalue weighted by Gasteiger charge is -2.23. The van der Waals surface area contributed by atoms with Gasteiger partial charge in [-0.3, -0.25) is 10.2 Å². The van der Waals surface area contributed by atoms with Crippen LogP contribution in [0, 0.1) is 0 Å².